The summed E-state index contributed by atoms with van der Waals surface area (Å²) in [7, 11) is -9.71. The summed E-state index contributed by atoms with van der Waals surface area (Å²) in [6, 6.07) is 0. The fourth-order valence-electron chi connectivity index (χ4n) is 5.86. The minimum Gasteiger partial charge on any atom is -0.462 e. The van der Waals surface area contributed by atoms with Gasteiger partial charge in [-0.05, 0) is 38.5 Å². The molecule has 4 atom stereocenters. The zero-order valence-electron chi connectivity index (χ0n) is 36.7. The van der Waals surface area contributed by atoms with Crippen molar-refractivity contribution in [2.24, 2.45) is 0 Å². The molecule has 0 aliphatic rings. The molecule has 14 nitrogen and oxygen atoms in total. The Kier molecular flexibility index (Phi) is 38.6. The third kappa shape index (κ3) is 42.7. The quantitative estimate of drug-likeness (QED) is 0.0127. The molecule has 0 fully saturated rings. The van der Waals surface area contributed by atoms with Crippen LogP contribution in [0.4, 0.5) is 0 Å². The lowest BCUT2D eigenvalue weighted by molar-refractivity contribution is -0.161. The van der Waals surface area contributed by atoms with E-state index in [0.29, 0.717) is 19.3 Å². The molecule has 1 unspecified atom stereocenters. The van der Waals surface area contributed by atoms with Crippen LogP contribution in [0.5, 0.6) is 0 Å². The maximum Gasteiger partial charge on any atom is 0.472 e. The van der Waals surface area contributed by atoms with Crippen LogP contribution in [0.15, 0.2) is 48.6 Å². The van der Waals surface area contributed by atoms with Gasteiger partial charge in [0, 0.05) is 12.8 Å². The molecule has 5 N–H and O–H groups in total. The Hall–Kier alpha value is -1.96. The minimum atomic E-state index is -4.87. The van der Waals surface area contributed by atoms with E-state index in [9.17, 15) is 33.8 Å². The summed E-state index contributed by atoms with van der Waals surface area (Å²) in [5, 5.41) is 19.6. The molecule has 0 saturated carbocycles. The highest BCUT2D eigenvalue weighted by molar-refractivity contribution is 7.47. The Bertz CT molecular complexity index is 1270. The number of hydrogen-bond donors (Lipinski definition) is 5. The number of allylic oxidation sites excluding steroid dienone is 7. The van der Waals surface area contributed by atoms with E-state index in [1.165, 1.54) is 70.6 Å². The topological polar surface area (TPSA) is 216 Å². The molecule has 0 aromatic carbocycles. The Morgan fingerprint density at radius 1 is 0.550 bits per heavy atom. The molecule has 16 heteroatoms. The highest BCUT2D eigenvalue weighted by Gasteiger charge is 2.28. The molecule has 60 heavy (non-hydrogen) atoms. The zero-order valence-corrected chi connectivity index (χ0v) is 38.5. The van der Waals surface area contributed by atoms with Crippen molar-refractivity contribution >= 4 is 27.6 Å². The molecular formula is C44H80O14P2. The average molecular weight is 895 g/mol. The molecule has 350 valence electrons. The lowest BCUT2D eigenvalue weighted by Gasteiger charge is -2.20. The monoisotopic (exact) mass is 895 g/mol. The van der Waals surface area contributed by atoms with Crippen LogP contribution in [0.25, 0.3) is 0 Å². The molecule has 0 radical (unpaired) electrons. The molecule has 0 rings (SSSR count). The van der Waals surface area contributed by atoms with Gasteiger partial charge in [-0.2, -0.15) is 0 Å². The van der Waals surface area contributed by atoms with Gasteiger partial charge in [0.2, 0.25) is 0 Å². The normalized spacial score (nSPS) is 15.0. The van der Waals surface area contributed by atoms with Crippen LogP contribution in [0.1, 0.15) is 174 Å². The summed E-state index contributed by atoms with van der Waals surface area (Å²) in [5.74, 6) is -1.12. The fourth-order valence-corrected chi connectivity index (χ4v) is 7.02. The van der Waals surface area contributed by atoms with Crippen molar-refractivity contribution in [3.05, 3.63) is 48.6 Å². The Morgan fingerprint density at radius 3 is 1.65 bits per heavy atom. The third-order valence-electron chi connectivity index (χ3n) is 9.31. The van der Waals surface area contributed by atoms with Gasteiger partial charge in [0.1, 0.15) is 12.7 Å². The number of rotatable bonds is 42. The van der Waals surface area contributed by atoms with Crippen LogP contribution < -0.4 is 0 Å². The number of phosphoric acid groups is 2. The van der Waals surface area contributed by atoms with E-state index in [4.69, 9.17) is 23.8 Å². The molecule has 0 amide bonds. The largest absolute Gasteiger partial charge is 0.472 e. The van der Waals surface area contributed by atoms with Crippen LogP contribution in [0.3, 0.4) is 0 Å². The van der Waals surface area contributed by atoms with Crippen molar-refractivity contribution in [1.82, 2.24) is 0 Å². The molecule has 0 aliphatic carbocycles. The maximum absolute atomic E-state index is 12.6. The van der Waals surface area contributed by atoms with E-state index >= 15 is 0 Å². The minimum absolute atomic E-state index is 0.0361. The first kappa shape index (κ1) is 58.0. The summed E-state index contributed by atoms with van der Waals surface area (Å²) < 4.78 is 47.7. The van der Waals surface area contributed by atoms with E-state index in [2.05, 4.69) is 22.9 Å². The second kappa shape index (κ2) is 39.9. The van der Waals surface area contributed by atoms with Gasteiger partial charge in [0.05, 0.1) is 25.9 Å². The molecule has 0 saturated heterocycles. The third-order valence-corrected chi connectivity index (χ3v) is 10.8. The molecule has 0 aromatic rings. The Labute approximate surface area is 361 Å². The maximum atomic E-state index is 12.6. The van der Waals surface area contributed by atoms with Gasteiger partial charge in [0.25, 0.3) is 0 Å². The van der Waals surface area contributed by atoms with Crippen molar-refractivity contribution in [3.8, 4) is 0 Å². The van der Waals surface area contributed by atoms with E-state index < -0.39 is 72.3 Å². The predicted octanol–water partition coefficient (Wildman–Crippen LogP) is 10.4. The number of unbranched alkanes of at least 4 members (excludes halogenated alkanes) is 17. The van der Waals surface area contributed by atoms with Crippen molar-refractivity contribution in [3.63, 3.8) is 0 Å². The standard InChI is InChI=1S/C44H80O14P2/c1-3-5-7-8-9-10-11-12-13-14-17-20-23-26-30-34-43(47)54-38-42(39-57-60(52,53)56-37-41(46)36-55-59(49,50)51)58-44(48)35-31-27-24-21-18-15-16-19-22-25-29-33-40(45)32-28-6-4-2/h15-16,21-22,24-25,29,33,40-42,45-46H,3-14,17-20,23,26-28,30-32,34-39H2,1-2H3,(H,52,53)(H2,49,50,51)/b16-15-,24-21-,25-22-,33-29+/t40-,41-,42+/m0/s1. The van der Waals surface area contributed by atoms with E-state index in [1.807, 2.05) is 42.5 Å². The average Bonchev–Trinajstić information content (AvgIpc) is 3.20. The highest BCUT2D eigenvalue weighted by Crippen LogP contribution is 2.43. The van der Waals surface area contributed by atoms with Crippen LogP contribution in [0.2, 0.25) is 0 Å². The number of aliphatic hydroxyl groups is 2. The number of aliphatic hydroxyl groups excluding tert-OH is 2. The van der Waals surface area contributed by atoms with Crippen molar-refractivity contribution in [2.45, 2.75) is 193 Å². The molecule has 0 spiro atoms. The van der Waals surface area contributed by atoms with Gasteiger partial charge in [0.15, 0.2) is 6.10 Å². The van der Waals surface area contributed by atoms with Crippen LogP contribution in [-0.4, -0.2) is 81.6 Å². The molecule has 0 heterocycles. The van der Waals surface area contributed by atoms with Gasteiger partial charge < -0.3 is 34.4 Å². The second-order valence-corrected chi connectivity index (χ2v) is 17.9. The lowest BCUT2D eigenvalue weighted by Crippen LogP contribution is -2.29. The van der Waals surface area contributed by atoms with E-state index in [-0.39, 0.29) is 12.8 Å². The predicted molar refractivity (Wildman–Crippen MR) is 236 cm³/mol. The highest BCUT2D eigenvalue weighted by atomic mass is 31.2. The second-order valence-electron chi connectivity index (χ2n) is 15.2. The van der Waals surface area contributed by atoms with Gasteiger partial charge >= 0.3 is 27.6 Å². The van der Waals surface area contributed by atoms with Gasteiger partial charge in [-0.15, -0.1) is 0 Å². The smallest absolute Gasteiger partial charge is 0.462 e. The Morgan fingerprint density at radius 2 is 1.05 bits per heavy atom. The number of esters is 2. The van der Waals surface area contributed by atoms with Gasteiger partial charge in [-0.25, -0.2) is 9.13 Å². The summed E-state index contributed by atoms with van der Waals surface area (Å²) in [6.07, 6.45) is 37.2. The van der Waals surface area contributed by atoms with Crippen molar-refractivity contribution in [1.29, 1.82) is 0 Å². The summed E-state index contributed by atoms with van der Waals surface area (Å²) in [4.78, 5) is 52.7. The van der Waals surface area contributed by atoms with Crippen LogP contribution >= 0.6 is 15.6 Å². The number of ether oxygens (including phenoxy) is 2. The van der Waals surface area contributed by atoms with Crippen molar-refractivity contribution < 1.29 is 66.7 Å². The molecule has 0 bridgehead atoms. The number of phosphoric ester groups is 2. The molecule has 0 aliphatic heterocycles. The first-order chi connectivity index (χ1) is 28.8. The van der Waals surface area contributed by atoms with Crippen LogP contribution in [-0.2, 0) is 41.8 Å². The summed E-state index contributed by atoms with van der Waals surface area (Å²) >= 11 is 0. The first-order valence-electron chi connectivity index (χ1n) is 22.4. The van der Waals surface area contributed by atoms with Crippen LogP contribution in [0, 0.1) is 0 Å². The summed E-state index contributed by atoms with van der Waals surface area (Å²) in [5.41, 5.74) is 0. The van der Waals surface area contributed by atoms with Crippen molar-refractivity contribution in [2.75, 3.05) is 26.4 Å². The van der Waals surface area contributed by atoms with E-state index in [1.54, 1.807) is 6.08 Å². The SMILES string of the molecule is CCCCCCCCCCCCCCCCCC(=O)OC[C@H](COP(=O)(O)OC[C@@H](O)COP(=O)(O)O)OC(=O)CCC/C=C\C/C=C\C/C=C\C=C\[C@@H](O)CCCCC. The molecular weight excluding hydrogens is 814 g/mol. The fraction of sp³-hybridized carbons (Fsp3) is 0.773. The summed E-state index contributed by atoms with van der Waals surface area (Å²) in [6.45, 7) is 1.57. The Balaban J connectivity index is 4.63. The van der Waals surface area contributed by atoms with Gasteiger partial charge in [-0.1, -0.05) is 172 Å². The van der Waals surface area contributed by atoms with E-state index in [0.717, 1.165) is 57.8 Å². The molecule has 0 aromatic heterocycles. The first-order valence-corrected chi connectivity index (χ1v) is 25.5. The lowest BCUT2D eigenvalue weighted by atomic mass is 10.0. The number of hydrogen-bond acceptors (Lipinski definition) is 11. The number of carbonyl (C=O) groups is 2. The van der Waals surface area contributed by atoms with Gasteiger partial charge in [-0.3, -0.25) is 23.2 Å². The number of carbonyl (C=O) groups excluding carboxylic acids is 2. The zero-order chi connectivity index (χ0) is 44.6.